The van der Waals surface area contributed by atoms with Crippen molar-refractivity contribution in [3.8, 4) is 5.75 Å². The fraction of sp³-hybridized carbons (Fsp3) is 0.562. The number of ether oxygens (including phenoxy) is 1. The van der Waals surface area contributed by atoms with Crippen molar-refractivity contribution < 1.29 is 9.53 Å². The number of rotatable bonds is 4. The van der Waals surface area contributed by atoms with Gasteiger partial charge in [-0.05, 0) is 31.7 Å². The smallest absolute Gasteiger partial charge is 0.227 e. The normalized spacial score (nSPS) is 20.6. The molecule has 0 saturated carbocycles. The van der Waals surface area contributed by atoms with Crippen LogP contribution in [-0.2, 0) is 11.2 Å². The Bertz CT molecular complexity index is 460. The third-order valence-electron chi connectivity index (χ3n) is 4.09. The molecule has 1 aromatic carbocycles. The Hall–Kier alpha value is -1.55. The highest BCUT2D eigenvalue weighted by molar-refractivity contribution is 5.79. The third-order valence-corrected chi connectivity index (χ3v) is 4.09. The number of hydrogen-bond acceptors (Lipinski definition) is 3. The number of methoxy groups -OCH3 is 1. The highest BCUT2D eigenvalue weighted by atomic mass is 16.5. The molecule has 1 heterocycles. The zero-order chi connectivity index (χ0) is 14.5. The van der Waals surface area contributed by atoms with Crippen molar-refractivity contribution in [2.24, 2.45) is 11.7 Å². The summed E-state index contributed by atoms with van der Waals surface area (Å²) in [4.78, 5) is 14.4. The second-order valence-corrected chi connectivity index (χ2v) is 5.59. The predicted molar refractivity (Wildman–Crippen MR) is 79.7 cm³/mol. The molecular formula is C16H24N2O2. The van der Waals surface area contributed by atoms with Gasteiger partial charge in [0.2, 0.25) is 5.91 Å². The molecule has 2 atom stereocenters. The molecule has 4 nitrogen and oxygen atoms in total. The average Bonchev–Trinajstić information content (AvgIpc) is 2.48. The van der Waals surface area contributed by atoms with Gasteiger partial charge in [-0.2, -0.15) is 0 Å². The van der Waals surface area contributed by atoms with Crippen molar-refractivity contribution in [2.75, 3.05) is 20.2 Å². The van der Waals surface area contributed by atoms with E-state index < -0.39 is 0 Å². The summed E-state index contributed by atoms with van der Waals surface area (Å²) in [6.45, 7) is 3.65. The fourth-order valence-corrected chi connectivity index (χ4v) is 2.79. The first kappa shape index (κ1) is 14.9. The van der Waals surface area contributed by atoms with Crippen molar-refractivity contribution in [3.05, 3.63) is 29.8 Å². The lowest BCUT2D eigenvalue weighted by Crippen LogP contribution is -2.45. The molecule has 4 heteroatoms. The molecule has 2 rings (SSSR count). The SMILES string of the molecule is COc1ccccc1CC(=O)N1CCCC(C(C)N)C1. The van der Waals surface area contributed by atoms with Crippen LogP contribution >= 0.6 is 0 Å². The molecule has 1 aliphatic heterocycles. The van der Waals surface area contributed by atoms with E-state index in [4.69, 9.17) is 10.5 Å². The van der Waals surface area contributed by atoms with Crippen molar-refractivity contribution >= 4 is 5.91 Å². The quantitative estimate of drug-likeness (QED) is 0.912. The maximum atomic E-state index is 12.4. The van der Waals surface area contributed by atoms with Crippen molar-refractivity contribution in [3.63, 3.8) is 0 Å². The van der Waals surface area contributed by atoms with Crippen LogP contribution in [0.5, 0.6) is 5.75 Å². The molecule has 1 fully saturated rings. The number of piperidine rings is 1. The Morgan fingerprint density at radius 3 is 2.95 bits per heavy atom. The molecule has 0 aromatic heterocycles. The first-order chi connectivity index (χ1) is 9.61. The van der Waals surface area contributed by atoms with Crippen LogP contribution in [0.3, 0.4) is 0 Å². The molecule has 2 N–H and O–H groups in total. The van der Waals surface area contributed by atoms with Crippen LogP contribution < -0.4 is 10.5 Å². The van der Waals surface area contributed by atoms with E-state index in [1.54, 1.807) is 7.11 Å². The Balaban J connectivity index is 2.01. The number of likely N-dealkylation sites (tertiary alicyclic amines) is 1. The van der Waals surface area contributed by atoms with Gasteiger partial charge in [0.25, 0.3) is 0 Å². The van der Waals surface area contributed by atoms with Crippen molar-refractivity contribution in [2.45, 2.75) is 32.2 Å². The third kappa shape index (κ3) is 3.51. The Morgan fingerprint density at radius 2 is 2.25 bits per heavy atom. The topological polar surface area (TPSA) is 55.6 Å². The summed E-state index contributed by atoms with van der Waals surface area (Å²) in [6, 6.07) is 7.84. The molecule has 20 heavy (non-hydrogen) atoms. The van der Waals surface area contributed by atoms with Crippen molar-refractivity contribution in [1.82, 2.24) is 4.90 Å². The first-order valence-corrected chi connectivity index (χ1v) is 7.27. The van der Waals surface area contributed by atoms with E-state index in [1.165, 1.54) is 0 Å². The number of hydrogen-bond donors (Lipinski definition) is 1. The predicted octanol–water partition coefficient (Wildman–Crippen LogP) is 1.82. The molecule has 0 aliphatic carbocycles. The lowest BCUT2D eigenvalue weighted by Gasteiger charge is -2.34. The van der Waals surface area contributed by atoms with Gasteiger partial charge in [-0.25, -0.2) is 0 Å². The molecule has 1 amide bonds. The second kappa shape index (κ2) is 6.75. The first-order valence-electron chi connectivity index (χ1n) is 7.27. The molecule has 1 aromatic rings. The minimum Gasteiger partial charge on any atom is -0.496 e. The molecule has 0 bridgehead atoms. The Kier molecular flexibility index (Phi) is 5.01. The summed E-state index contributed by atoms with van der Waals surface area (Å²) in [5.41, 5.74) is 6.92. The highest BCUT2D eigenvalue weighted by Gasteiger charge is 2.26. The van der Waals surface area contributed by atoms with Gasteiger partial charge in [0.15, 0.2) is 0 Å². The van der Waals surface area contributed by atoms with E-state index in [-0.39, 0.29) is 11.9 Å². The van der Waals surface area contributed by atoms with Gasteiger partial charge in [-0.3, -0.25) is 4.79 Å². The van der Waals surface area contributed by atoms with Gasteiger partial charge >= 0.3 is 0 Å². The lowest BCUT2D eigenvalue weighted by molar-refractivity contribution is -0.132. The minimum absolute atomic E-state index is 0.150. The van der Waals surface area contributed by atoms with E-state index in [0.717, 1.165) is 37.2 Å². The largest absolute Gasteiger partial charge is 0.496 e. The summed E-state index contributed by atoms with van der Waals surface area (Å²) in [5.74, 6) is 1.37. The molecule has 110 valence electrons. The standard InChI is InChI=1S/C16H24N2O2/c1-12(17)14-7-5-9-18(11-14)16(19)10-13-6-3-4-8-15(13)20-2/h3-4,6,8,12,14H,5,7,9-11,17H2,1-2H3. The van der Waals surface area contributed by atoms with Crippen LogP contribution in [-0.4, -0.2) is 37.0 Å². The number of carbonyl (C=O) groups is 1. The van der Waals surface area contributed by atoms with Gasteiger partial charge < -0.3 is 15.4 Å². The summed E-state index contributed by atoms with van der Waals surface area (Å²) in [7, 11) is 1.64. The van der Waals surface area contributed by atoms with Gasteiger partial charge in [0, 0.05) is 24.7 Å². The number of para-hydroxylation sites is 1. The van der Waals surface area contributed by atoms with E-state index >= 15 is 0 Å². The van der Waals surface area contributed by atoms with Crippen LogP contribution in [0.15, 0.2) is 24.3 Å². The summed E-state index contributed by atoms with van der Waals surface area (Å²) >= 11 is 0. The molecule has 0 radical (unpaired) electrons. The molecule has 0 spiro atoms. The lowest BCUT2D eigenvalue weighted by atomic mass is 9.92. The number of nitrogens with zero attached hydrogens (tertiary/aromatic N) is 1. The minimum atomic E-state index is 0.150. The monoisotopic (exact) mass is 276 g/mol. The maximum absolute atomic E-state index is 12.4. The van der Waals surface area contributed by atoms with E-state index in [0.29, 0.717) is 12.3 Å². The van der Waals surface area contributed by atoms with Gasteiger partial charge in [-0.15, -0.1) is 0 Å². The van der Waals surface area contributed by atoms with E-state index in [9.17, 15) is 4.79 Å². The highest BCUT2D eigenvalue weighted by Crippen LogP contribution is 2.22. The van der Waals surface area contributed by atoms with E-state index in [1.807, 2.05) is 36.1 Å². The maximum Gasteiger partial charge on any atom is 0.227 e. The second-order valence-electron chi connectivity index (χ2n) is 5.59. The Labute approximate surface area is 120 Å². The Morgan fingerprint density at radius 1 is 1.50 bits per heavy atom. The molecule has 2 unspecified atom stereocenters. The van der Waals surface area contributed by atoms with Crippen LogP contribution in [0.25, 0.3) is 0 Å². The number of amides is 1. The number of nitrogens with two attached hydrogens (primary N) is 1. The van der Waals surface area contributed by atoms with Gasteiger partial charge in [0.05, 0.1) is 13.5 Å². The van der Waals surface area contributed by atoms with Crippen LogP contribution in [0, 0.1) is 5.92 Å². The molecular weight excluding hydrogens is 252 g/mol. The van der Waals surface area contributed by atoms with Gasteiger partial charge in [-0.1, -0.05) is 18.2 Å². The average molecular weight is 276 g/mol. The van der Waals surface area contributed by atoms with Crippen molar-refractivity contribution in [1.29, 1.82) is 0 Å². The zero-order valence-corrected chi connectivity index (χ0v) is 12.3. The molecule has 1 aliphatic rings. The number of carbonyl (C=O) groups excluding carboxylic acids is 1. The summed E-state index contributed by atoms with van der Waals surface area (Å²) in [6.07, 6.45) is 2.57. The van der Waals surface area contributed by atoms with Crippen LogP contribution in [0.2, 0.25) is 0 Å². The number of benzene rings is 1. The summed E-state index contributed by atoms with van der Waals surface area (Å²) < 4.78 is 5.30. The molecule has 1 saturated heterocycles. The zero-order valence-electron chi connectivity index (χ0n) is 12.3. The van der Waals surface area contributed by atoms with Crippen LogP contribution in [0.1, 0.15) is 25.3 Å². The van der Waals surface area contributed by atoms with Gasteiger partial charge in [0.1, 0.15) is 5.75 Å². The fourth-order valence-electron chi connectivity index (χ4n) is 2.79. The van der Waals surface area contributed by atoms with E-state index in [2.05, 4.69) is 0 Å². The van der Waals surface area contributed by atoms with Crippen LogP contribution in [0.4, 0.5) is 0 Å². The summed E-state index contributed by atoms with van der Waals surface area (Å²) in [5, 5.41) is 0.